The number of rotatable bonds is 2. The van der Waals surface area contributed by atoms with E-state index in [1.165, 1.54) is 0 Å². The summed E-state index contributed by atoms with van der Waals surface area (Å²) < 4.78 is 4.20. The van der Waals surface area contributed by atoms with Crippen LogP contribution in [-0.4, -0.2) is 17.6 Å². The molecule has 6 heteroatoms. The van der Waals surface area contributed by atoms with Crippen LogP contribution < -0.4 is 11.1 Å². The molecule has 0 amide bonds. The maximum absolute atomic E-state index is 10.3. The van der Waals surface area contributed by atoms with Crippen LogP contribution in [0.3, 0.4) is 0 Å². The Morgan fingerprint density at radius 2 is 2.44 bits per heavy atom. The van der Waals surface area contributed by atoms with E-state index in [-0.39, 0.29) is 11.7 Å². The lowest BCUT2D eigenvalue weighted by molar-refractivity contribution is -0.131. The third kappa shape index (κ3) is 5.46. The minimum absolute atomic E-state index is 0.0127. The zero-order valence-corrected chi connectivity index (χ0v) is 6.56. The maximum atomic E-state index is 10.3. The summed E-state index contributed by atoms with van der Waals surface area (Å²) in [5.74, 6) is -0.423. The number of hydrogen-bond acceptors (Lipinski definition) is 3. The van der Waals surface area contributed by atoms with Crippen LogP contribution in [0.1, 0.15) is 0 Å². The molecule has 0 bridgehead atoms. The highest BCUT2D eigenvalue weighted by molar-refractivity contribution is 7.80. The van der Waals surface area contributed by atoms with Crippen molar-refractivity contribution in [2.75, 3.05) is 6.54 Å². The smallest absolute Gasteiger partial charge is 0.327 e. The minimum Gasteiger partial charge on any atom is -0.450 e. The molecular weight excluding hydrogens is 159 g/mol. The van der Waals surface area contributed by atoms with Crippen molar-refractivity contribution in [2.24, 2.45) is 5.73 Å². The van der Waals surface area contributed by atoms with Crippen molar-refractivity contribution >= 4 is 32.8 Å². The molecule has 0 aromatic carbocycles. The van der Waals surface area contributed by atoms with Gasteiger partial charge in [-0.25, -0.2) is 4.79 Å². The normalized spacial score (nSPS) is 8.11. The van der Waals surface area contributed by atoms with E-state index in [0.717, 1.165) is 0 Å². The molecule has 9 heavy (non-hydrogen) atoms. The quantitative estimate of drug-likeness (QED) is 0.413. The van der Waals surface area contributed by atoms with E-state index in [9.17, 15) is 4.79 Å². The van der Waals surface area contributed by atoms with Gasteiger partial charge in [-0.05, 0) is 12.2 Å². The molecule has 0 rings (SSSR count). The van der Waals surface area contributed by atoms with Crippen molar-refractivity contribution in [3.8, 4) is 0 Å². The van der Waals surface area contributed by atoms with Gasteiger partial charge in [0, 0.05) is 0 Å². The molecule has 0 aromatic heterocycles. The first kappa shape index (κ1) is 8.59. The molecule has 0 heterocycles. The first-order valence-corrected chi connectivity index (χ1v) is 2.97. The van der Waals surface area contributed by atoms with Crippen LogP contribution in [0.2, 0.25) is 0 Å². The van der Waals surface area contributed by atoms with Gasteiger partial charge in [0.1, 0.15) is 6.54 Å². The van der Waals surface area contributed by atoms with Gasteiger partial charge >= 0.3 is 5.97 Å². The molecule has 0 fully saturated rings. The van der Waals surface area contributed by atoms with Gasteiger partial charge in [0.15, 0.2) is 5.11 Å². The highest BCUT2D eigenvalue weighted by atomic mass is 32.1. The molecule has 3 N–H and O–H groups in total. The van der Waals surface area contributed by atoms with E-state index >= 15 is 0 Å². The lowest BCUT2D eigenvalue weighted by Crippen LogP contribution is -2.33. The van der Waals surface area contributed by atoms with E-state index in [1.54, 1.807) is 0 Å². The standard InChI is InChI=1S/C3H7N2O2PS/c4-3(9)5-1-2(6)7-8/h1,8H2,(H3,4,5,9). The third-order valence-electron chi connectivity index (χ3n) is 0.538. The average Bonchev–Trinajstić information content (AvgIpc) is 1.83. The van der Waals surface area contributed by atoms with Crippen LogP contribution in [0, 0.1) is 0 Å². The van der Waals surface area contributed by atoms with Crippen molar-refractivity contribution in [3.05, 3.63) is 0 Å². The molecule has 1 atom stereocenters. The second-order valence-electron chi connectivity index (χ2n) is 1.21. The summed E-state index contributed by atoms with van der Waals surface area (Å²) in [4.78, 5) is 10.3. The molecule has 0 spiro atoms. The van der Waals surface area contributed by atoms with Gasteiger partial charge in [-0.15, -0.1) is 0 Å². The van der Waals surface area contributed by atoms with E-state index in [1.807, 2.05) is 9.47 Å². The number of nitrogens with one attached hydrogen (secondary N) is 1. The minimum atomic E-state index is -0.423. The zero-order chi connectivity index (χ0) is 7.28. The largest absolute Gasteiger partial charge is 0.450 e. The molecule has 0 saturated carbocycles. The average molecular weight is 166 g/mol. The van der Waals surface area contributed by atoms with Gasteiger partial charge in [-0.1, -0.05) is 0 Å². The number of thiocarbonyl (C=S) groups is 1. The number of hydrogen-bond donors (Lipinski definition) is 2. The van der Waals surface area contributed by atoms with Gasteiger partial charge in [-0.3, -0.25) is 0 Å². The first-order chi connectivity index (χ1) is 4.16. The van der Waals surface area contributed by atoms with Gasteiger partial charge < -0.3 is 15.6 Å². The molecule has 0 aromatic rings. The van der Waals surface area contributed by atoms with Gasteiger partial charge in [0.25, 0.3) is 0 Å². The monoisotopic (exact) mass is 166 g/mol. The highest BCUT2D eigenvalue weighted by Gasteiger charge is 1.96. The molecule has 1 unspecified atom stereocenters. The summed E-state index contributed by atoms with van der Waals surface area (Å²) in [6.07, 6.45) is 0. The highest BCUT2D eigenvalue weighted by Crippen LogP contribution is 1.83. The summed E-state index contributed by atoms with van der Waals surface area (Å²) in [6.45, 7) is 0.0127. The van der Waals surface area contributed by atoms with Crippen LogP contribution in [0.25, 0.3) is 0 Å². The Hall–Kier alpha value is -0.410. The Morgan fingerprint density at radius 1 is 1.89 bits per heavy atom. The molecule has 0 aliphatic carbocycles. The predicted octanol–water partition coefficient (Wildman–Crippen LogP) is -0.847. The fourth-order valence-corrected chi connectivity index (χ4v) is 0.356. The third-order valence-corrected chi connectivity index (χ3v) is 0.946. The fraction of sp³-hybridized carbons (Fsp3) is 0.333. The lowest BCUT2D eigenvalue weighted by Gasteiger charge is -1.99. The Kier molecular flexibility index (Phi) is 4.26. The summed E-state index contributed by atoms with van der Waals surface area (Å²) >= 11 is 4.41. The molecule has 52 valence electrons. The zero-order valence-electron chi connectivity index (χ0n) is 4.59. The number of carbonyl (C=O) groups is 1. The van der Waals surface area contributed by atoms with Crippen molar-refractivity contribution in [1.82, 2.24) is 5.32 Å². The summed E-state index contributed by atoms with van der Waals surface area (Å²) in [7, 11) is 1.83. The molecule has 0 aliphatic heterocycles. The predicted molar refractivity (Wildman–Crippen MR) is 40.6 cm³/mol. The molecule has 0 radical (unpaired) electrons. The van der Waals surface area contributed by atoms with E-state index in [0.29, 0.717) is 0 Å². The summed E-state index contributed by atoms with van der Waals surface area (Å²) in [5.41, 5.74) is 5.00. The van der Waals surface area contributed by atoms with E-state index in [2.05, 4.69) is 22.1 Å². The van der Waals surface area contributed by atoms with Crippen LogP contribution in [0.5, 0.6) is 0 Å². The Morgan fingerprint density at radius 3 is 2.78 bits per heavy atom. The van der Waals surface area contributed by atoms with Crippen LogP contribution in [-0.2, 0) is 9.32 Å². The number of nitrogens with two attached hydrogens (primary N) is 1. The fourth-order valence-electron chi connectivity index (χ4n) is 0.201. The Balaban J connectivity index is 3.28. The number of carbonyl (C=O) groups excluding carboxylic acids is 1. The van der Waals surface area contributed by atoms with Gasteiger partial charge in [-0.2, -0.15) is 0 Å². The van der Waals surface area contributed by atoms with Crippen molar-refractivity contribution in [1.29, 1.82) is 0 Å². The Labute approximate surface area is 60.4 Å². The summed E-state index contributed by atoms with van der Waals surface area (Å²) in [6, 6.07) is 0. The lowest BCUT2D eigenvalue weighted by atomic mass is 10.7. The maximum Gasteiger partial charge on any atom is 0.327 e. The van der Waals surface area contributed by atoms with Crippen LogP contribution >= 0.6 is 21.7 Å². The second kappa shape index (κ2) is 4.47. The topological polar surface area (TPSA) is 64.3 Å². The van der Waals surface area contributed by atoms with Gasteiger partial charge in [0.2, 0.25) is 0 Å². The molecule has 0 aliphatic rings. The SMILES string of the molecule is NC(=S)NCC(=O)OP. The van der Waals surface area contributed by atoms with Gasteiger partial charge in [0.05, 0.1) is 9.47 Å². The summed E-state index contributed by atoms with van der Waals surface area (Å²) in [5, 5.41) is 2.51. The first-order valence-electron chi connectivity index (χ1n) is 2.09. The van der Waals surface area contributed by atoms with Crippen LogP contribution in [0.4, 0.5) is 0 Å². The van der Waals surface area contributed by atoms with Crippen LogP contribution in [0.15, 0.2) is 0 Å². The molecule has 4 nitrogen and oxygen atoms in total. The Bertz CT molecular complexity index is 129. The van der Waals surface area contributed by atoms with E-state index < -0.39 is 5.97 Å². The molecular formula is C3H7N2O2PS. The van der Waals surface area contributed by atoms with Crippen molar-refractivity contribution in [2.45, 2.75) is 0 Å². The molecule has 0 saturated heterocycles. The van der Waals surface area contributed by atoms with E-state index in [4.69, 9.17) is 5.73 Å². The van der Waals surface area contributed by atoms with Crippen molar-refractivity contribution in [3.63, 3.8) is 0 Å². The second-order valence-corrected chi connectivity index (χ2v) is 1.88. The van der Waals surface area contributed by atoms with Crippen molar-refractivity contribution < 1.29 is 9.32 Å².